The molecule has 2 rings (SSSR count). The second-order valence-corrected chi connectivity index (χ2v) is 7.74. The third-order valence-electron chi connectivity index (χ3n) is 4.53. The number of aryl methyl sites for hydroxylation is 2. The van der Waals surface area contributed by atoms with Crippen LogP contribution in [0.1, 0.15) is 54.8 Å². The van der Waals surface area contributed by atoms with Gasteiger partial charge in [0.15, 0.2) is 5.13 Å². The molecular weight excluding hydrogens is 358 g/mol. The van der Waals surface area contributed by atoms with E-state index in [0.717, 1.165) is 17.0 Å². The summed E-state index contributed by atoms with van der Waals surface area (Å²) in [6.45, 7) is 9.40. The van der Waals surface area contributed by atoms with Crippen LogP contribution in [0.2, 0.25) is 0 Å². The first-order valence-corrected chi connectivity index (χ1v) is 10.3. The number of thiazole rings is 1. The molecular formula is C21H29N3O2S. The van der Waals surface area contributed by atoms with Crippen molar-refractivity contribution in [2.24, 2.45) is 0 Å². The number of rotatable bonds is 9. The average molecular weight is 388 g/mol. The van der Waals surface area contributed by atoms with Crippen LogP contribution in [-0.4, -0.2) is 34.8 Å². The summed E-state index contributed by atoms with van der Waals surface area (Å²) in [6, 6.07) is 8.46. The van der Waals surface area contributed by atoms with Gasteiger partial charge in [-0.25, -0.2) is 4.98 Å². The highest BCUT2D eigenvalue weighted by Crippen LogP contribution is 2.25. The fraction of sp³-hybridized carbons (Fsp3) is 0.476. The third-order valence-corrected chi connectivity index (χ3v) is 5.61. The number of benzene rings is 1. The van der Waals surface area contributed by atoms with Gasteiger partial charge in [0, 0.05) is 37.2 Å². The van der Waals surface area contributed by atoms with Gasteiger partial charge in [-0.05, 0) is 39.7 Å². The standard InChI is InChI=1S/C21H29N3O2S/c1-5-24(6-2)20(26)9-7-8-19(25)23-21-22-16(4)18(27-21)14-17-12-10-15(3)11-13-17/h10-13H,5-9,14H2,1-4H3,(H,22,23,25). The van der Waals surface area contributed by atoms with Crippen LogP contribution in [0.25, 0.3) is 0 Å². The highest BCUT2D eigenvalue weighted by Gasteiger charge is 2.13. The first-order valence-electron chi connectivity index (χ1n) is 9.52. The van der Waals surface area contributed by atoms with Gasteiger partial charge >= 0.3 is 0 Å². The van der Waals surface area contributed by atoms with Crippen molar-refractivity contribution in [2.75, 3.05) is 18.4 Å². The Morgan fingerprint density at radius 2 is 1.74 bits per heavy atom. The van der Waals surface area contributed by atoms with Crippen LogP contribution in [0, 0.1) is 13.8 Å². The molecule has 1 N–H and O–H groups in total. The van der Waals surface area contributed by atoms with Crippen LogP contribution < -0.4 is 5.32 Å². The van der Waals surface area contributed by atoms with Gasteiger partial charge in [0.1, 0.15) is 0 Å². The van der Waals surface area contributed by atoms with Crippen LogP contribution in [0.5, 0.6) is 0 Å². The van der Waals surface area contributed by atoms with Gasteiger partial charge in [-0.3, -0.25) is 9.59 Å². The Kier molecular flexibility index (Phi) is 7.98. The topological polar surface area (TPSA) is 62.3 Å². The number of hydrogen-bond donors (Lipinski definition) is 1. The lowest BCUT2D eigenvalue weighted by Gasteiger charge is -2.18. The lowest BCUT2D eigenvalue weighted by molar-refractivity contribution is -0.130. The molecule has 27 heavy (non-hydrogen) atoms. The Morgan fingerprint density at radius 3 is 2.37 bits per heavy atom. The van der Waals surface area contributed by atoms with Crippen LogP contribution in [0.4, 0.5) is 5.13 Å². The molecule has 0 unspecified atom stereocenters. The van der Waals surface area contributed by atoms with Crippen molar-refractivity contribution in [1.82, 2.24) is 9.88 Å². The zero-order valence-electron chi connectivity index (χ0n) is 16.7. The van der Waals surface area contributed by atoms with E-state index in [1.54, 1.807) is 4.90 Å². The first kappa shape index (κ1) is 21.1. The Hall–Kier alpha value is -2.21. The van der Waals surface area contributed by atoms with E-state index in [0.29, 0.717) is 37.5 Å². The van der Waals surface area contributed by atoms with Gasteiger partial charge < -0.3 is 10.2 Å². The van der Waals surface area contributed by atoms with Crippen molar-refractivity contribution in [3.63, 3.8) is 0 Å². The quantitative estimate of drug-likeness (QED) is 0.697. The van der Waals surface area contributed by atoms with E-state index in [9.17, 15) is 9.59 Å². The molecule has 0 bridgehead atoms. The molecule has 0 saturated carbocycles. The fourth-order valence-corrected chi connectivity index (χ4v) is 3.87. The predicted molar refractivity (Wildman–Crippen MR) is 111 cm³/mol. The molecule has 0 aliphatic heterocycles. The minimum absolute atomic E-state index is 0.0852. The molecule has 1 aromatic heterocycles. The van der Waals surface area contributed by atoms with E-state index in [4.69, 9.17) is 0 Å². The van der Waals surface area contributed by atoms with E-state index >= 15 is 0 Å². The molecule has 5 nitrogen and oxygen atoms in total. The van der Waals surface area contributed by atoms with Crippen LogP contribution in [0.3, 0.4) is 0 Å². The number of nitrogens with one attached hydrogen (secondary N) is 1. The predicted octanol–water partition coefficient (Wildman–Crippen LogP) is 4.33. The van der Waals surface area contributed by atoms with Crippen molar-refractivity contribution < 1.29 is 9.59 Å². The van der Waals surface area contributed by atoms with E-state index in [2.05, 4.69) is 41.5 Å². The Balaban J connectivity index is 1.84. The minimum atomic E-state index is -0.0852. The number of anilines is 1. The van der Waals surface area contributed by atoms with Crippen molar-refractivity contribution in [3.8, 4) is 0 Å². The Morgan fingerprint density at radius 1 is 1.07 bits per heavy atom. The largest absolute Gasteiger partial charge is 0.343 e. The maximum Gasteiger partial charge on any atom is 0.226 e. The van der Waals surface area contributed by atoms with Crippen LogP contribution in [0.15, 0.2) is 24.3 Å². The van der Waals surface area contributed by atoms with E-state index in [1.165, 1.54) is 22.5 Å². The molecule has 0 radical (unpaired) electrons. The van der Waals surface area contributed by atoms with E-state index in [-0.39, 0.29) is 11.8 Å². The molecule has 6 heteroatoms. The molecule has 1 heterocycles. The van der Waals surface area contributed by atoms with Crippen molar-refractivity contribution in [1.29, 1.82) is 0 Å². The lowest BCUT2D eigenvalue weighted by Crippen LogP contribution is -2.30. The zero-order chi connectivity index (χ0) is 19.8. The molecule has 1 aromatic carbocycles. The fourth-order valence-electron chi connectivity index (χ4n) is 2.85. The smallest absolute Gasteiger partial charge is 0.226 e. The maximum absolute atomic E-state index is 12.1. The lowest BCUT2D eigenvalue weighted by atomic mass is 10.1. The molecule has 0 aliphatic rings. The number of aromatic nitrogens is 1. The highest BCUT2D eigenvalue weighted by molar-refractivity contribution is 7.15. The molecule has 0 saturated heterocycles. The van der Waals surface area contributed by atoms with Crippen molar-refractivity contribution in [3.05, 3.63) is 46.0 Å². The van der Waals surface area contributed by atoms with Crippen LogP contribution in [-0.2, 0) is 16.0 Å². The summed E-state index contributed by atoms with van der Waals surface area (Å²) in [5, 5.41) is 3.51. The molecule has 146 valence electrons. The SMILES string of the molecule is CCN(CC)C(=O)CCCC(=O)Nc1nc(C)c(Cc2ccc(C)cc2)s1. The second-order valence-electron chi connectivity index (χ2n) is 6.66. The minimum Gasteiger partial charge on any atom is -0.343 e. The van der Waals surface area contributed by atoms with Gasteiger partial charge in [0.2, 0.25) is 11.8 Å². The van der Waals surface area contributed by atoms with E-state index in [1.807, 2.05) is 20.8 Å². The molecule has 0 fully saturated rings. The summed E-state index contributed by atoms with van der Waals surface area (Å²) >= 11 is 1.52. The summed E-state index contributed by atoms with van der Waals surface area (Å²) in [6.07, 6.45) is 2.11. The number of carbonyl (C=O) groups excluding carboxylic acids is 2. The van der Waals surface area contributed by atoms with E-state index < -0.39 is 0 Å². The normalized spacial score (nSPS) is 10.7. The summed E-state index contributed by atoms with van der Waals surface area (Å²) in [7, 11) is 0. The summed E-state index contributed by atoms with van der Waals surface area (Å²) in [4.78, 5) is 31.5. The van der Waals surface area contributed by atoms with Gasteiger partial charge in [-0.2, -0.15) is 0 Å². The monoisotopic (exact) mass is 387 g/mol. The summed E-state index contributed by atoms with van der Waals surface area (Å²) in [5.41, 5.74) is 3.43. The van der Waals surface area contributed by atoms with Crippen LogP contribution >= 0.6 is 11.3 Å². The number of nitrogens with zero attached hydrogens (tertiary/aromatic N) is 2. The molecule has 2 amide bonds. The summed E-state index contributed by atoms with van der Waals surface area (Å²) in [5.74, 6) is 0.0243. The maximum atomic E-state index is 12.1. The molecule has 2 aromatic rings. The van der Waals surface area contributed by atoms with Gasteiger partial charge in [0.05, 0.1) is 5.69 Å². The summed E-state index contributed by atoms with van der Waals surface area (Å²) < 4.78 is 0. The van der Waals surface area contributed by atoms with Crippen molar-refractivity contribution in [2.45, 2.75) is 53.4 Å². The third kappa shape index (κ3) is 6.47. The second kappa shape index (κ2) is 10.2. The molecule has 0 aliphatic carbocycles. The highest BCUT2D eigenvalue weighted by atomic mass is 32.1. The Bertz CT molecular complexity index is 764. The average Bonchev–Trinajstić information content (AvgIpc) is 2.97. The van der Waals surface area contributed by atoms with Gasteiger partial charge in [0.25, 0.3) is 0 Å². The zero-order valence-corrected chi connectivity index (χ0v) is 17.5. The van der Waals surface area contributed by atoms with Gasteiger partial charge in [-0.1, -0.05) is 29.8 Å². The Labute approximate surface area is 165 Å². The number of carbonyl (C=O) groups is 2. The number of hydrogen-bond acceptors (Lipinski definition) is 4. The first-order chi connectivity index (χ1) is 12.9. The molecule has 0 atom stereocenters. The molecule has 0 spiro atoms. The van der Waals surface area contributed by atoms with Crippen molar-refractivity contribution >= 4 is 28.3 Å². The van der Waals surface area contributed by atoms with Gasteiger partial charge in [-0.15, -0.1) is 11.3 Å². The number of amides is 2.